The molecule has 160 valence electrons. The van der Waals surface area contributed by atoms with Gasteiger partial charge in [-0.3, -0.25) is 0 Å². The number of para-hydroxylation sites is 1. The molecule has 0 bridgehead atoms. The largest absolute Gasteiger partial charge is 0.493 e. The van der Waals surface area contributed by atoms with Gasteiger partial charge in [0.2, 0.25) is 5.96 Å². The highest BCUT2D eigenvalue weighted by molar-refractivity contribution is 8.02. The third-order valence-corrected chi connectivity index (χ3v) is 6.72. The Morgan fingerprint density at radius 3 is 2.50 bits per heavy atom. The number of hydrogen-bond acceptors (Lipinski definition) is 7. The van der Waals surface area contributed by atoms with E-state index in [-0.39, 0.29) is 36.0 Å². The minimum atomic E-state index is -0.0786. The summed E-state index contributed by atoms with van der Waals surface area (Å²) in [5.41, 5.74) is 14.9. The number of nitrogens with two attached hydrogens (primary N) is 2. The molecule has 1 unspecified atom stereocenters. The number of thiazole rings is 1. The van der Waals surface area contributed by atoms with Crippen molar-refractivity contribution in [3.8, 4) is 11.5 Å². The van der Waals surface area contributed by atoms with Gasteiger partial charge in [0.1, 0.15) is 0 Å². The number of halogens is 2. The predicted octanol–water partition coefficient (Wildman–Crippen LogP) is 3.85. The molecule has 4 rings (SSSR count). The number of fused-ring (bicyclic) bond motifs is 2. The van der Waals surface area contributed by atoms with Crippen molar-refractivity contribution in [2.75, 3.05) is 14.2 Å². The van der Waals surface area contributed by atoms with Crippen LogP contribution in [0.5, 0.6) is 11.5 Å². The zero-order chi connectivity index (χ0) is 19.7. The third-order valence-electron chi connectivity index (χ3n) is 4.39. The fourth-order valence-electron chi connectivity index (χ4n) is 3.15. The van der Waals surface area contributed by atoms with Crippen molar-refractivity contribution in [1.82, 2.24) is 4.98 Å². The fourth-order valence-corrected chi connectivity index (χ4v) is 5.60. The van der Waals surface area contributed by atoms with Crippen molar-refractivity contribution in [1.29, 1.82) is 0 Å². The first kappa shape index (κ1) is 24.1. The molecule has 0 spiro atoms. The molecule has 4 N–H and O–H groups in total. The molecule has 1 heterocycles. The van der Waals surface area contributed by atoms with E-state index in [0.717, 1.165) is 37.8 Å². The van der Waals surface area contributed by atoms with Crippen LogP contribution in [0.4, 0.5) is 0 Å². The molecule has 0 saturated carbocycles. The summed E-state index contributed by atoms with van der Waals surface area (Å²) in [4.78, 5) is 4.73. The van der Waals surface area contributed by atoms with Gasteiger partial charge >= 0.3 is 0 Å². The van der Waals surface area contributed by atoms with Gasteiger partial charge in [0.25, 0.3) is 0 Å². The summed E-state index contributed by atoms with van der Waals surface area (Å²) < 4.78 is 13.0. The Hall–Kier alpha value is -2.20. The van der Waals surface area contributed by atoms with Crippen LogP contribution in [0.1, 0.15) is 11.1 Å². The van der Waals surface area contributed by atoms with Crippen LogP contribution >= 0.6 is 47.9 Å². The van der Waals surface area contributed by atoms with Crippen molar-refractivity contribution < 1.29 is 9.47 Å². The lowest BCUT2D eigenvalue weighted by Crippen LogP contribution is -2.22. The number of aromatic nitrogens is 1. The number of hydrogen-bond donors (Lipinski definition) is 2. The Balaban J connectivity index is 0.00000160. The molecule has 2 aromatic carbocycles. The molecule has 1 aromatic heterocycles. The van der Waals surface area contributed by atoms with Gasteiger partial charge in [-0.05, 0) is 36.2 Å². The molecule has 3 aromatic rings. The van der Waals surface area contributed by atoms with Gasteiger partial charge in [-0.1, -0.05) is 23.9 Å². The SMILES string of the molecule is COc1cc2c(cc1OC)/C(=N\N=C(N)N)C(Sc1nc3ccccc3s1)C2.Cl.Cl. The average Bonchev–Trinajstić information content (AvgIpc) is 3.24. The van der Waals surface area contributed by atoms with Crippen LogP contribution in [-0.4, -0.2) is 36.1 Å². The van der Waals surface area contributed by atoms with Gasteiger partial charge in [0.05, 0.1) is 35.4 Å². The van der Waals surface area contributed by atoms with Crippen LogP contribution in [-0.2, 0) is 6.42 Å². The predicted molar refractivity (Wildman–Crippen MR) is 129 cm³/mol. The van der Waals surface area contributed by atoms with E-state index in [1.165, 1.54) is 0 Å². The van der Waals surface area contributed by atoms with E-state index in [1.807, 2.05) is 30.3 Å². The Morgan fingerprint density at radius 2 is 1.83 bits per heavy atom. The van der Waals surface area contributed by atoms with Crippen molar-refractivity contribution in [3.05, 3.63) is 47.5 Å². The molecule has 0 amide bonds. The second-order valence-corrected chi connectivity index (χ2v) is 8.61. The topological polar surface area (TPSA) is 108 Å². The molecule has 7 nitrogen and oxygen atoms in total. The van der Waals surface area contributed by atoms with E-state index >= 15 is 0 Å². The van der Waals surface area contributed by atoms with Gasteiger partial charge in [0.15, 0.2) is 15.8 Å². The highest BCUT2D eigenvalue weighted by Crippen LogP contribution is 2.41. The van der Waals surface area contributed by atoms with Crippen molar-refractivity contribution >= 4 is 69.8 Å². The summed E-state index contributed by atoms with van der Waals surface area (Å²) in [6.45, 7) is 0. The molecule has 0 aliphatic heterocycles. The Bertz CT molecular complexity index is 1070. The molecule has 0 radical (unpaired) electrons. The standard InChI is InChI=1S/C19H19N5O2S2.2ClH/c1-25-13-7-10-8-16(28-19-22-12-5-3-4-6-15(12)27-19)17(23-24-18(20)21)11(10)9-14(13)26-2;;/h3-7,9,16H,8H2,1-2H3,(H4,20,21,24);2*1H/b23-17+;;. The van der Waals surface area contributed by atoms with Gasteiger partial charge in [0, 0.05) is 5.56 Å². The lowest BCUT2D eigenvalue weighted by molar-refractivity contribution is 0.354. The summed E-state index contributed by atoms with van der Waals surface area (Å²) in [6.07, 6.45) is 0.773. The maximum atomic E-state index is 5.50. The molecule has 1 atom stereocenters. The maximum Gasteiger partial charge on any atom is 0.211 e. The first-order valence-electron chi connectivity index (χ1n) is 8.53. The number of thioether (sulfide) groups is 1. The number of benzene rings is 2. The van der Waals surface area contributed by atoms with Crippen molar-refractivity contribution in [2.24, 2.45) is 21.7 Å². The van der Waals surface area contributed by atoms with E-state index in [0.29, 0.717) is 11.5 Å². The molecule has 1 aliphatic rings. The van der Waals surface area contributed by atoms with E-state index in [1.54, 1.807) is 37.3 Å². The molecule has 30 heavy (non-hydrogen) atoms. The minimum Gasteiger partial charge on any atom is -0.493 e. The van der Waals surface area contributed by atoms with Gasteiger partial charge in [-0.15, -0.1) is 41.3 Å². The Morgan fingerprint density at radius 1 is 1.13 bits per heavy atom. The summed E-state index contributed by atoms with van der Waals surface area (Å²) in [5.74, 6) is 1.25. The molecular formula is C19H21Cl2N5O2S2. The quantitative estimate of drug-likeness (QED) is 0.322. The zero-order valence-corrected chi connectivity index (χ0v) is 19.5. The lowest BCUT2D eigenvalue weighted by Gasteiger charge is -2.10. The van der Waals surface area contributed by atoms with Crippen LogP contribution in [0.15, 0.2) is 50.9 Å². The number of rotatable bonds is 5. The number of methoxy groups -OCH3 is 2. The average molecular weight is 486 g/mol. The van der Waals surface area contributed by atoms with E-state index in [2.05, 4.69) is 16.3 Å². The number of guanidine groups is 1. The normalized spacial score (nSPS) is 15.8. The molecule has 0 saturated heterocycles. The van der Waals surface area contributed by atoms with Gasteiger partial charge < -0.3 is 20.9 Å². The number of ether oxygens (including phenoxy) is 2. The van der Waals surface area contributed by atoms with Crippen molar-refractivity contribution in [2.45, 2.75) is 16.0 Å². The fraction of sp³-hybridized carbons (Fsp3) is 0.211. The van der Waals surface area contributed by atoms with E-state index in [9.17, 15) is 0 Å². The Labute approximate surface area is 194 Å². The molecule has 11 heteroatoms. The van der Waals surface area contributed by atoms with Crippen LogP contribution in [0, 0.1) is 0 Å². The van der Waals surface area contributed by atoms with Gasteiger partial charge in [-0.25, -0.2) is 4.98 Å². The van der Waals surface area contributed by atoms with E-state index in [4.69, 9.17) is 25.9 Å². The second-order valence-electron chi connectivity index (χ2n) is 6.13. The Kier molecular flexibility index (Phi) is 8.19. The maximum absolute atomic E-state index is 5.50. The zero-order valence-electron chi connectivity index (χ0n) is 16.2. The van der Waals surface area contributed by atoms with E-state index < -0.39 is 0 Å². The third kappa shape index (κ3) is 4.75. The monoisotopic (exact) mass is 485 g/mol. The molecular weight excluding hydrogens is 465 g/mol. The highest BCUT2D eigenvalue weighted by atomic mass is 35.5. The lowest BCUT2D eigenvalue weighted by atomic mass is 10.1. The highest BCUT2D eigenvalue weighted by Gasteiger charge is 2.32. The van der Waals surface area contributed by atoms with Crippen LogP contribution < -0.4 is 20.9 Å². The van der Waals surface area contributed by atoms with Gasteiger partial charge in [-0.2, -0.15) is 5.10 Å². The summed E-state index contributed by atoms with van der Waals surface area (Å²) in [6, 6.07) is 12.0. The minimum absolute atomic E-state index is 0. The summed E-state index contributed by atoms with van der Waals surface area (Å²) in [5, 5.41) is 8.27. The van der Waals surface area contributed by atoms with Crippen molar-refractivity contribution in [3.63, 3.8) is 0 Å². The van der Waals surface area contributed by atoms with Crippen LogP contribution in [0.25, 0.3) is 10.2 Å². The smallest absolute Gasteiger partial charge is 0.211 e. The van der Waals surface area contributed by atoms with Crippen LogP contribution in [0.2, 0.25) is 0 Å². The molecule has 0 fully saturated rings. The van der Waals surface area contributed by atoms with Crippen LogP contribution in [0.3, 0.4) is 0 Å². The summed E-state index contributed by atoms with van der Waals surface area (Å²) >= 11 is 3.33. The first-order chi connectivity index (χ1) is 13.6. The number of nitrogens with zero attached hydrogens (tertiary/aromatic N) is 3. The summed E-state index contributed by atoms with van der Waals surface area (Å²) in [7, 11) is 3.24. The molecule has 1 aliphatic carbocycles. The first-order valence-corrected chi connectivity index (χ1v) is 10.2. The second kappa shape index (κ2) is 10.2.